The Balaban J connectivity index is 1.98. The molecule has 1 atom stereocenters. The summed E-state index contributed by atoms with van der Waals surface area (Å²) in [6.07, 6.45) is -0.504. The molecular weight excluding hydrogens is 368 g/mol. The second-order valence-electron chi connectivity index (χ2n) is 6.56. The van der Waals surface area contributed by atoms with Crippen LogP contribution in [-0.2, 0) is 25.7 Å². The molecule has 0 radical (unpaired) electrons. The zero-order chi connectivity index (χ0) is 20.6. The van der Waals surface area contributed by atoms with Gasteiger partial charge in [0.05, 0.1) is 28.8 Å². The Morgan fingerprint density at radius 2 is 2.00 bits per heavy atom. The summed E-state index contributed by atoms with van der Waals surface area (Å²) in [6.45, 7) is 4.05. The number of ketones is 2. The van der Waals surface area contributed by atoms with E-state index in [4.69, 9.17) is 15.2 Å². The summed E-state index contributed by atoms with van der Waals surface area (Å²) in [6, 6.07) is 3.11. The molecule has 0 amide bonds. The molecule has 2 heterocycles. The van der Waals surface area contributed by atoms with Crippen LogP contribution in [0.2, 0.25) is 0 Å². The SMILES string of the molecule is CC(=O)OCCCCn1c(C)c(N)c2c3c(ccc21)C(=O)C(=O)C(C(=O)O)O3. The van der Waals surface area contributed by atoms with Gasteiger partial charge in [-0.15, -0.1) is 0 Å². The number of aromatic nitrogens is 1. The van der Waals surface area contributed by atoms with Gasteiger partial charge in [0.15, 0.2) is 0 Å². The average Bonchev–Trinajstić information content (AvgIpc) is 2.88. The maximum Gasteiger partial charge on any atom is 0.353 e. The molecule has 9 nitrogen and oxygen atoms in total. The number of rotatable bonds is 6. The number of benzene rings is 1. The highest BCUT2D eigenvalue weighted by atomic mass is 16.5. The Morgan fingerprint density at radius 3 is 2.64 bits per heavy atom. The van der Waals surface area contributed by atoms with E-state index < -0.39 is 23.6 Å². The predicted molar refractivity (Wildman–Crippen MR) is 98.3 cm³/mol. The number of Topliss-reactive ketones (excluding diaryl/α,β-unsaturated/α-hetero) is 2. The molecule has 0 aliphatic carbocycles. The lowest BCUT2D eigenvalue weighted by Gasteiger charge is -2.22. The first-order valence-electron chi connectivity index (χ1n) is 8.76. The van der Waals surface area contributed by atoms with Gasteiger partial charge in [0.2, 0.25) is 5.78 Å². The number of carbonyl (C=O) groups is 4. The highest BCUT2D eigenvalue weighted by Crippen LogP contribution is 2.40. The van der Waals surface area contributed by atoms with E-state index in [1.54, 1.807) is 13.0 Å². The number of aryl methyl sites for hydroxylation is 1. The van der Waals surface area contributed by atoms with E-state index in [1.165, 1.54) is 13.0 Å². The lowest BCUT2D eigenvalue weighted by atomic mass is 9.97. The maximum atomic E-state index is 12.3. The van der Waals surface area contributed by atoms with Crippen LogP contribution < -0.4 is 10.5 Å². The summed E-state index contributed by atoms with van der Waals surface area (Å²) in [5.41, 5.74) is 7.99. The topological polar surface area (TPSA) is 138 Å². The number of fused-ring (bicyclic) bond motifs is 3. The quantitative estimate of drug-likeness (QED) is 0.328. The number of carbonyl (C=O) groups excluding carboxylic acids is 3. The zero-order valence-corrected chi connectivity index (χ0v) is 15.5. The summed E-state index contributed by atoms with van der Waals surface area (Å²) in [7, 11) is 0. The van der Waals surface area contributed by atoms with Crippen LogP contribution in [0.5, 0.6) is 5.75 Å². The number of aliphatic carboxylic acids is 1. The average molecular weight is 388 g/mol. The molecule has 0 fully saturated rings. The van der Waals surface area contributed by atoms with E-state index in [2.05, 4.69) is 0 Å². The number of ether oxygens (including phenoxy) is 2. The fourth-order valence-corrected chi connectivity index (χ4v) is 3.33. The molecule has 3 N–H and O–H groups in total. The van der Waals surface area contributed by atoms with Crippen LogP contribution in [0.25, 0.3) is 10.9 Å². The minimum absolute atomic E-state index is 0.00806. The van der Waals surface area contributed by atoms with Gasteiger partial charge in [0, 0.05) is 19.2 Å². The highest BCUT2D eigenvalue weighted by Gasteiger charge is 2.41. The van der Waals surface area contributed by atoms with Crippen molar-refractivity contribution in [3.05, 3.63) is 23.4 Å². The van der Waals surface area contributed by atoms with Crippen molar-refractivity contribution in [2.75, 3.05) is 12.3 Å². The van der Waals surface area contributed by atoms with Crippen molar-refractivity contribution in [1.29, 1.82) is 0 Å². The van der Waals surface area contributed by atoms with Crippen molar-refractivity contribution in [3.8, 4) is 5.75 Å². The lowest BCUT2D eigenvalue weighted by Crippen LogP contribution is -2.43. The minimum atomic E-state index is -1.88. The zero-order valence-electron chi connectivity index (χ0n) is 15.5. The summed E-state index contributed by atoms with van der Waals surface area (Å²) in [5.74, 6) is -3.85. The summed E-state index contributed by atoms with van der Waals surface area (Å²) < 4.78 is 12.2. The van der Waals surface area contributed by atoms with Crippen LogP contribution in [0.15, 0.2) is 12.1 Å². The van der Waals surface area contributed by atoms with Crippen molar-refractivity contribution in [2.24, 2.45) is 0 Å². The fourth-order valence-electron chi connectivity index (χ4n) is 3.33. The van der Waals surface area contributed by atoms with Crippen LogP contribution in [0.1, 0.15) is 35.8 Å². The molecule has 1 unspecified atom stereocenters. The Hall–Kier alpha value is -3.36. The molecular formula is C19H20N2O7. The van der Waals surface area contributed by atoms with Gasteiger partial charge in [-0.25, -0.2) is 4.79 Å². The van der Waals surface area contributed by atoms with Gasteiger partial charge in [-0.1, -0.05) is 0 Å². The summed E-state index contributed by atoms with van der Waals surface area (Å²) in [4.78, 5) is 46.4. The van der Waals surface area contributed by atoms with Gasteiger partial charge < -0.3 is 24.9 Å². The van der Waals surface area contributed by atoms with Gasteiger partial charge in [0.25, 0.3) is 11.9 Å². The van der Waals surface area contributed by atoms with Crippen molar-refractivity contribution in [3.63, 3.8) is 0 Å². The Kier molecular flexibility index (Phi) is 5.08. The van der Waals surface area contributed by atoms with Gasteiger partial charge >= 0.3 is 11.9 Å². The predicted octanol–water partition coefficient (Wildman–Crippen LogP) is 1.47. The third-order valence-electron chi connectivity index (χ3n) is 4.74. The largest absolute Gasteiger partial charge is 0.478 e. The fraction of sp³-hybridized carbons (Fsp3) is 0.368. The van der Waals surface area contributed by atoms with E-state index >= 15 is 0 Å². The molecule has 0 saturated carbocycles. The number of carboxylic acid groups (broad SMARTS) is 1. The van der Waals surface area contributed by atoms with Gasteiger partial charge in [-0.05, 0) is 31.9 Å². The molecule has 0 spiro atoms. The molecule has 3 rings (SSSR count). The number of unbranched alkanes of at least 4 members (excludes halogenated alkanes) is 1. The first-order valence-corrected chi connectivity index (χ1v) is 8.76. The smallest absolute Gasteiger partial charge is 0.353 e. The molecule has 28 heavy (non-hydrogen) atoms. The molecule has 0 bridgehead atoms. The number of hydrogen-bond acceptors (Lipinski definition) is 7. The normalized spacial score (nSPS) is 16.0. The first kappa shape index (κ1) is 19.4. The van der Waals surface area contributed by atoms with Crippen LogP contribution in [0.4, 0.5) is 5.69 Å². The molecule has 1 aliphatic heterocycles. The third-order valence-corrected chi connectivity index (χ3v) is 4.74. The molecule has 1 aromatic carbocycles. The van der Waals surface area contributed by atoms with Gasteiger partial charge in [0.1, 0.15) is 5.75 Å². The number of esters is 1. The maximum absolute atomic E-state index is 12.3. The lowest BCUT2D eigenvalue weighted by molar-refractivity contribution is -0.149. The van der Waals surface area contributed by atoms with E-state index in [0.717, 1.165) is 5.69 Å². The molecule has 1 aliphatic rings. The van der Waals surface area contributed by atoms with E-state index in [1.807, 2.05) is 4.57 Å². The number of nitrogen functional groups attached to an aromatic ring is 1. The standard InChI is InChI=1S/C19H20N2O7/c1-9-14(20)13-12(21(9)7-3-4-8-27-10(2)22)6-5-11-15(23)16(24)18(19(25)26)28-17(11)13/h5-6,18H,3-4,7-8,20H2,1-2H3,(H,25,26). The van der Waals surface area contributed by atoms with Crippen LogP contribution in [-0.4, -0.2) is 45.9 Å². The first-order chi connectivity index (χ1) is 13.2. The van der Waals surface area contributed by atoms with Crippen LogP contribution in [0, 0.1) is 6.92 Å². The van der Waals surface area contributed by atoms with E-state index in [0.29, 0.717) is 42.6 Å². The Labute approximate surface area is 160 Å². The van der Waals surface area contributed by atoms with Crippen LogP contribution in [0.3, 0.4) is 0 Å². The van der Waals surface area contributed by atoms with Crippen molar-refractivity contribution in [2.45, 2.75) is 39.3 Å². The third kappa shape index (κ3) is 3.19. The minimum Gasteiger partial charge on any atom is -0.478 e. The highest BCUT2D eigenvalue weighted by molar-refractivity contribution is 6.49. The number of nitrogens with zero attached hydrogens (tertiary/aromatic N) is 1. The molecule has 148 valence electrons. The molecule has 1 aromatic heterocycles. The summed E-state index contributed by atoms with van der Waals surface area (Å²) >= 11 is 0. The molecule has 2 aromatic rings. The van der Waals surface area contributed by atoms with Crippen molar-refractivity contribution in [1.82, 2.24) is 4.57 Å². The van der Waals surface area contributed by atoms with E-state index in [9.17, 15) is 24.3 Å². The van der Waals surface area contributed by atoms with Crippen molar-refractivity contribution >= 4 is 40.1 Å². The number of carboxylic acids is 1. The second kappa shape index (κ2) is 7.34. The summed E-state index contributed by atoms with van der Waals surface area (Å²) in [5, 5.41) is 9.61. The number of anilines is 1. The van der Waals surface area contributed by atoms with Crippen molar-refractivity contribution < 1.29 is 33.8 Å². The Bertz CT molecular complexity index is 1010. The molecule has 9 heteroatoms. The van der Waals surface area contributed by atoms with Crippen LogP contribution >= 0.6 is 0 Å². The molecule has 0 saturated heterocycles. The van der Waals surface area contributed by atoms with Gasteiger partial charge in [-0.2, -0.15) is 0 Å². The number of nitrogens with two attached hydrogens (primary N) is 1. The Morgan fingerprint density at radius 1 is 1.29 bits per heavy atom. The second-order valence-corrected chi connectivity index (χ2v) is 6.56. The monoisotopic (exact) mass is 388 g/mol. The number of hydrogen-bond donors (Lipinski definition) is 2. The van der Waals surface area contributed by atoms with E-state index in [-0.39, 0.29) is 17.3 Å². The van der Waals surface area contributed by atoms with Gasteiger partial charge in [-0.3, -0.25) is 14.4 Å².